The second kappa shape index (κ2) is 5.27. The van der Waals surface area contributed by atoms with E-state index in [-0.39, 0.29) is 34.6 Å². The van der Waals surface area contributed by atoms with Gasteiger partial charge >= 0.3 is 0 Å². The minimum Gasteiger partial charge on any atom is -0.393 e. The molecule has 24 heavy (non-hydrogen) atoms. The predicted molar refractivity (Wildman–Crippen MR) is 92.3 cm³/mol. The highest BCUT2D eigenvalue weighted by molar-refractivity contribution is 5.95. The van der Waals surface area contributed by atoms with Gasteiger partial charge in [-0.3, -0.25) is 9.59 Å². The number of fused-ring (bicyclic) bond motifs is 5. The largest absolute Gasteiger partial charge is 0.393 e. The highest BCUT2D eigenvalue weighted by atomic mass is 16.3. The van der Waals surface area contributed by atoms with Gasteiger partial charge < -0.3 is 5.11 Å². The predicted octanol–water partition coefficient (Wildman–Crippen LogP) is 3.69. The molecule has 3 fully saturated rings. The van der Waals surface area contributed by atoms with Crippen LogP contribution in [0.5, 0.6) is 0 Å². The summed E-state index contributed by atoms with van der Waals surface area (Å²) in [4.78, 5) is 25.2. The van der Waals surface area contributed by atoms with Crippen LogP contribution in [0.25, 0.3) is 0 Å². The van der Waals surface area contributed by atoms with Gasteiger partial charge in [0.2, 0.25) is 0 Å². The molecule has 0 bridgehead atoms. The Morgan fingerprint density at radius 2 is 1.88 bits per heavy atom. The molecule has 0 aromatic heterocycles. The van der Waals surface area contributed by atoms with Gasteiger partial charge in [-0.25, -0.2) is 0 Å². The Bertz CT molecular complexity index is 621. The Hall–Kier alpha value is -0.960. The zero-order valence-electron chi connectivity index (χ0n) is 15.2. The van der Waals surface area contributed by atoms with Crippen molar-refractivity contribution in [1.82, 2.24) is 0 Å². The van der Waals surface area contributed by atoms with Crippen LogP contribution in [-0.2, 0) is 9.59 Å². The van der Waals surface area contributed by atoms with E-state index in [2.05, 4.69) is 13.8 Å². The third-order valence-electron chi connectivity index (χ3n) is 8.41. The fourth-order valence-corrected chi connectivity index (χ4v) is 7.05. The van der Waals surface area contributed by atoms with Crippen molar-refractivity contribution in [3.63, 3.8) is 0 Å². The second-order valence-electron chi connectivity index (χ2n) is 9.41. The molecule has 3 saturated carbocycles. The first-order valence-corrected chi connectivity index (χ1v) is 9.71. The fraction of sp³-hybridized carbons (Fsp3) is 0.810. The average Bonchev–Trinajstić information content (AvgIpc) is 2.86. The SMILES string of the molecule is CC(=O)[C@H]1CC[C@H]2[C@@H]3C(=O)C=C4CC(O)CC[C@]4(C)[C@H]3CC[C@]12C. The van der Waals surface area contributed by atoms with Crippen LogP contribution in [0.4, 0.5) is 0 Å². The summed E-state index contributed by atoms with van der Waals surface area (Å²) in [5, 5.41) is 10.0. The topological polar surface area (TPSA) is 54.4 Å². The van der Waals surface area contributed by atoms with Gasteiger partial charge in [0.15, 0.2) is 5.78 Å². The van der Waals surface area contributed by atoms with E-state index in [1.54, 1.807) is 6.92 Å². The van der Waals surface area contributed by atoms with Crippen molar-refractivity contribution < 1.29 is 14.7 Å². The summed E-state index contributed by atoms with van der Waals surface area (Å²) in [7, 11) is 0. The van der Waals surface area contributed by atoms with E-state index < -0.39 is 0 Å². The molecular formula is C21H30O3. The number of carbonyl (C=O) groups excluding carboxylic acids is 2. The second-order valence-corrected chi connectivity index (χ2v) is 9.41. The number of allylic oxidation sites excluding steroid dienone is 1. The number of aliphatic hydroxyl groups excluding tert-OH is 1. The van der Waals surface area contributed by atoms with Gasteiger partial charge in [-0.15, -0.1) is 0 Å². The first kappa shape index (κ1) is 16.5. The summed E-state index contributed by atoms with van der Waals surface area (Å²) < 4.78 is 0. The van der Waals surface area contributed by atoms with Crippen molar-refractivity contribution >= 4 is 11.6 Å². The summed E-state index contributed by atoms with van der Waals surface area (Å²) in [6.45, 7) is 6.33. The maximum atomic E-state index is 13.1. The number of carbonyl (C=O) groups is 2. The van der Waals surface area contributed by atoms with Crippen LogP contribution in [0.1, 0.15) is 65.7 Å². The summed E-state index contributed by atoms with van der Waals surface area (Å²) >= 11 is 0. The monoisotopic (exact) mass is 330 g/mol. The Balaban J connectivity index is 1.73. The summed E-state index contributed by atoms with van der Waals surface area (Å²) in [5.74, 6) is 1.59. The van der Waals surface area contributed by atoms with E-state index in [1.807, 2.05) is 6.08 Å². The smallest absolute Gasteiger partial charge is 0.159 e. The molecule has 0 spiro atoms. The van der Waals surface area contributed by atoms with E-state index in [4.69, 9.17) is 0 Å². The number of hydrogen-bond acceptors (Lipinski definition) is 3. The van der Waals surface area contributed by atoms with Gasteiger partial charge in [0.05, 0.1) is 6.10 Å². The third-order valence-corrected chi connectivity index (χ3v) is 8.41. The van der Waals surface area contributed by atoms with Crippen LogP contribution in [0.2, 0.25) is 0 Å². The Labute approximate surface area is 144 Å². The van der Waals surface area contributed by atoms with E-state index in [0.717, 1.165) is 38.5 Å². The molecule has 132 valence electrons. The van der Waals surface area contributed by atoms with Crippen LogP contribution in [0.3, 0.4) is 0 Å². The maximum absolute atomic E-state index is 13.1. The van der Waals surface area contributed by atoms with Gasteiger partial charge in [-0.05, 0) is 80.6 Å². The van der Waals surface area contributed by atoms with E-state index >= 15 is 0 Å². The van der Waals surface area contributed by atoms with Crippen LogP contribution in [0, 0.1) is 34.5 Å². The molecule has 4 aliphatic carbocycles. The molecule has 4 rings (SSSR count). The molecule has 4 aliphatic rings. The fourth-order valence-electron chi connectivity index (χ4n) is 7.05. The van der Waals surface area contributed by atoms with E-state index in [0.29, 0.717) is 24.0 Å². The highest BCUT2D eigenvalue weighted by Crippen LogP contribution is 2.65. The first-order chi connectivity index (χ1) is 11.3. The molecule has 0 radical (unpaired) electrons. The van der Waals surface area contributed by atoms with E-state index in [9.17, 15) is 14.7 Å². The van der Waals surface area contributed by atoms with Crippen molar-refractivity contribution in [1.29, 1.82) is 0 Å². The van der Waals surface area contributed by atoms with Gasteiger partial charge in [0.1, 0.15) is 5.78 Å². The van der Waals surface area contributed by atoms with Crippen LogP contribution < -0.4 is 0 Å². The maximum Gasteiger partial charge on any atom is 0.159 e. The van der Waals surface area contributed by atoms with Crippen molar-refractivity contribution in [3.8, 4) is 0 Å². The van der Waals surface area contributed by atoms with Gasteiger partial charge in [0, 0.05) is 11.8 Å². The lowest BCUT2D eigenvalue weighted by molar-refractivity contribution is -0.138. The van der Waals surface area contributed by atoms with Crippen molar-refractivity contribution in [2.45, 2.75) is 71.8 Å². The minimum atomic E-state index is -0.281. The van der Waals surface area contributed by atoms with E-state index in [1.165, 1.54) is 5.57 Å². The molecule has 7 atom stereocenters. The van der Waals surface area contributed by atoms with Crippen LogP contribution in [-0.4, -0.2) is 22.8 Å². The third kappa shape index (κ3) is 2.06. The molecule has 1 N–H and O–H groups in total. The van der Waals surface area contributed by atoms with Gasteiger partial charge in [-0.2, -0.15) is 0 Å². The lowest BCUT2D eigenvalue weighted by Crippen LogP contribution is -2.53. The zero-order valence-corrected chi connectivity index (χ0v) is 15.2. The Morgan fingerprint density at radius 3 is 2.58 bits per heavy atom. The molecular weight excluding hydrogens is 300 g/mol. The van der Waals surface area contributed by atoms with Gasteiger partial charge in [-0.1, -0.05) is 19.4 Å². The summed E-state index contributed by atoms with van der Waals surface area (Å²) in [6, 6.07) is 0. The Morgan fingerprint density at radius 1 is 1.12 bits per heavy atom. The molecule has 0 aliphatic heterocycles. The van der Waals surface area contributed by atoms with Crippen LogP contribution in [0.15, 0.2) is 11.6 Å². The molecule has 0 aromatic rings. The number of hydrogen-bond donors (Lipinski definition) is 1. The quantitative estimate of drug-likeness (QED) is 0.797. The summed E-state index contributed by atoms with van der Waals surface area (Å²) in [5.41, 5.74) is 1.28. The lowest BCUT2D eigenvalue weighted by atomic mass is 9.47. The molecule has 3 heteroatoms. The average molecular weight is 330 g/mol. The first-order valence-electron chi connectivity index (χ1n) is 9.71. The molecule has 0 amide bonds. The number of rotatable bonds is 1. The number of aliphatic hydroxyl groups is 1. The molecule has 0 saturated heterocycles. The Kier molecular flexibility index (Phi) is 3.62. The van der Waals surface area contributed by atoms with Gasteiger partial charge in [0.25, 0.3) is 0 Å². The van der Waals surface area contributed by atoms with Crippen LogP contribution >= 0.6 is 0 Å². The summed E-state index contributed by atoms with van der Waals surface area (Å²) in [6.07, 6.45) is 8.22. The molecule has 0 heterocycles. The standard InChI is InChI=1S/C21H30O3/c1-12(22)15-4-5-16-19-17(7-9-21(15,16)3)20(2)8-6-14(23)10-13(20)11-18(19)24/h11,14-17,19,23H,4-10H2,1-3H3/t14?,15-,16+,17+,19+,20+,21-/m1/s1. The lowest BCUT2D eigenvalue weighted by Gasteiger charge is -2.57. The number of Topliss-reactive ketones (excluding diaryl/α,β-unsaturated/α-hetero) is 1. The number of ketones is 2. The van der Waals surface area contributed by atoms with Crippen molar-refractivity contribution in [2.75, 3.05) is 0 Å². The molecule has 1 unspecified atom stereocenters. The zero-order chi connectivity index (χ0) is 17.3. The molecule has 0 aromatic carbocycles. The van der Waals surface area contributed by atoms with Crippen molar-refractivity contribution in [3.05, 3.63) is 11.6 Å². The minimum absolute atomic E-state index is 0.0124. The molecule has 3 nitrogen and oxygen atoms in total. The highest BCUT2D eigenvalue weighted by Gasteiger charge is 2.61. The van der Waals surface area contributed by atoms with Crippen molar-refractivity contribution in [2.24, 2.45) is 34.5 Å². The normalized spacial score (nSPS) is 50.6.